The minimum atomic E-state index is -0.269. The molecule has 2 aromatic rings. The highest BCUT2D eigenvalue weighted by atomic mass is 32.1. The summed E-state index contributed by atoms with van der Waals surface area (Å²) in [6.07, 6.45) is 1.28. The molecule has 1 aromatic carbocycles. The lowest BCUT2D eigenvalue weighted by atomic mass is 9.96. The molecule has 1 aliphatic rings. The fourth-order valence-electron chi connectivity index (χ4n) is 2.71. The van der Waals surface area contributed by atoms with Gasteiger partial charge in [-0.15, -0.1) is 11.3 Å². The van der Waals surface area contributed by atoms with Crippen LogP contribution in [0, 0.1) is 5.92 Å². The van der Waals surface area contributed by atoms with Gasteiger partial charge in [-0.25, -0.2) is 4.98 Å². The molecule has 0 unspecified atom stereocenters. The van der Waals surface area contributed by atoms with Gasteiger partial charge in [0.1, 0.15) is 4.88 Å². The standard InChI is InChI=1S/C16H17N3O2S/c17-15(20)12-6-8-19(9-7-12)16(21)14-13(18-10-22-14)11-4-2-1-3-5-11/h1-5,10,12H,6-9H2,(H2,17,20). The molecule has 2 amide bonds. The smallest absolute Gasteiger partial charge is 0.266 e. The summed E-state index contributed by atoms with van der Waals surface area (Å²) in [4.78, 5) is 30.7. The van der Waals surface area contributed by atoms with E-state index in [4.69, 9.17) is 5.73 Å². The molecule has 22 heavy (non-hydrogen) atoms. The summed E-state index contributed by atoms with van der Waals surface area (Å²) in [5, 5.41) is 0. The van der Waals surface area contributed by atoms with Crippen molar-refractivity contribution in [3.05, 3.63) is 40.7 Å². The molecule has 0 saturated carbocycles. The first kappa shape index (κ1) is 14.7. The van der Waals surface area contributed by atoms with Crippen LogP contribution < -0.4 is 5.73 Å². The number of carbonyl (C=O) groups excluding carboxylic acids is 2. The van der Waals surface area contributed by atoms with E-state index in [1.807, 2.05) is 30.3 Å². The number of likely N-dealkylation sites (tertiary alicyclic amines) is 1. The zero-order valence-electron chi connectivity index (χ0n) is 12.1. The van der Waals surface area contributed by atoms with E-state index in [2.05, 4.69) is 4.98 Å². The quantitative estimate of drug-likeness (QED) is 0.943. The Morgan fingerprint density at radius 2 is 1.86 bits per heavy atom. The van der Waals surface area contributed by atoms with Gasteiger partial charge in [-0.05, 0) is 12.8 Å². The zero-order valence-corrected chi connectivity index (χ0v) is 12.9. The number of piperidine rings is 1. The molecular weight excluding hydrogens is 298 g/mol. The SMILES string of the molecule is NC(=O)C1CCN(C(=O)c2scnc2-c2ccccc2)CC1. The molecule has 2 heterocycles. The van der Waals surface area contributed by atoms with Crippen LogP contribution in [-0.4, -0.2) is 34.8 Å². The normalized spacial score (nSPS) is 15.7. The van der Waals surface area contributed by atoms with Crippen LogP contribution in [0.5, 0.6) is 0 Å². The number of carbonyl (C=O) groups is 2. The van der Waals surface area contributed by atoms with E-state index in [0.717, 1.165) is 11.3 Å². The summed E-state index contributed by atoms with van der Waals surface area (Å²) in [5.41, 5.74) is 8.71. The highest BCUT2D eigenvalue weighted by Crippen LogP contribution is 2.28. The van der Waals surface area contributed by atoms with Gasteiger partial charge >= 0.3 is 0 Å². The van der Waals surface area contributed by atoms with E-state index in [9.17, 15) is 9.59 Å². The van der Waals surface area contributed by atoms with Gasteiger partial charge in [0, 0.05) is 24.6 Å². The minimum Gasteiger partial charge on any atom is -0.369 e. The molecule has 3 rings (SSSR count). The van der Waals surface area contributed by atoms with Crippen molar-refractivity contribution in [3.8, 4) is 11.3 Å². The summed E-state index contributed by atoms with van der Waals surface area (Å²) >= 11 is 1.36. The van der Waals surface area contributed by atoms with Crippen molar-refractivity contribution in [1.29, 1.82) is 0 Å². The molecule has 5 nitrogen and oxygen atoms in total. The van der Waals surface area contributed by atoms with E-state index >= 15 is 0 Å². The third-order valence-corrected chi connectivity index (χ3v) is 4.81. The Morgan fingerprint density at radius 1 is 1.18 bits per heavy atom. The van der Waals surface area contributed by atoms with Gasteiger partial charge in [0.25, 0.3) is 5.91 Å². The maximum Gasteiger partial charge on any atom is 0.266 e. The molecule has 0 aliphatic carbocycles. The summed E-state index contributed by atoms with van der Waals surface area (Å²) in [6, 6.07) is 9.70. The number of hydrogen-bond donors (Lipinski definition) is 1. The Balaban J connectivity index is 1.77. The van der Waals surface area contributed by atoms with Crippen LogP contribution in [0.3, 0.4) is 0 Å². The van der Waals surface area contributed by atoms with Crippen molar-refractivity contribution in [2.24, 2.45) is 11.7 Å². The van der Waals surface area contributed by atoms with Gasteiger partial charge in [-0.1, -0.05) is 30.3 Å². The Bertz CT molecular complexity index is 676. The maximum atomic E-state index is 12.7. The summed E-state index contributed by atoms with van der Waals surface area (Å²) in [5.74, 6) is -0.391. The largest absolute Gasteiger partial charge is 0.369 e. The Kier molecular flexibility index (Phi) is 4.20. The first-order chi connectivity index (χ1) is 10.7. The van der Waals surface area contributed by atoms with Gasteiger partial charge in [-0.2, -0.15) is 0 Å². The van der Waals surface area contributed by atoms with Crippen LogP contribution in [0.25, 0.3) is 11.3 Å². The van der Waals surface area contributed by atoms with Crippen LogP contribution in [0.1, 0.15) is 22.5 Å². The summed E-state index contributed by atoms with van der Waals surface area (Å²) < 4.78 is 0. The molecule has 0 bridgehead atoms. The van der Waals surface area contributed by atoms with Crippen LogP contribution in [0.15, 0.2) is 35.8 Å². The van der Waals surface area contributed by atoms with Crippen molar-refractivity contribution < 1.29 is 9.59 Å². The fraction of sp³-hybridized carbons (Fsp3) is 0.312. The number of amides is 2. The van der Waals surface area contributed by atoms with Gasteiger partial charge in [0.2, 0.25) is 5.91 Å². The van der Waals surface area contributed by atoms with Gasteiger partial charge in [0.05, 0.1) is 11.2 Å². The fourth-order valence-corrected chi connectivity index (χ4v) is 3.49. The lowest BCUT2D eigenvalue weighted by Gasteiger charge is -2.30. The number of nitrogens with two attached hydrogens (primary N) is 1. The average Bonchev–Trinajstić information content (AvgIpc) is 3.04. The van der Waals surface area contributed by atoms with E-state index in [0.29, 0.717) is 30.8 Å². The third kappa shape index (κ3) is 2.87. The molecule has 1 aliphatic heterocycles. The average molecular weight is 315 g/mol. The first-order valence-corrected chi connectivity index (χ1v) is 8.12. The Labute approximate surface area is 132 Å². The summed E-state index contributed by atoms with van der Waals surface area (Å²) in [7, 11) is 0. The van der Waals surface area contributed by atoms with E-state index in [-0.39, 0.29) is 17.7 Å². The van der Waals surface area contributed by atoms with E-state index in [1.165, 1.54) is 11.3 Å². The molecule has 0 atom stereocenters. The molecular formula is C16H17N3O2S. The number of nitrogens with zero attached hydrogens (tertiary/aromatic N) is 2. The third-order valence-electron chi connectivity index (χ3n) is 3.99. The van der Waals surface area contributed by atoms with Crippen molar-refractivity contribution in [3.63, 3.8) is 0 Å². The second kappa shape index (κ2) is 6.27. The van der Waals surface area contributed by atoms with Crippen molar-refractivity contribution in [2.45, 2.75) is 12.8 Å². The Morgan fingerprint density at radius 3 is 2.50 bits per heavy atom. The monoisotopic (exact) mass is 315 g/mol. The number of benzene rings is 1. The number of aromatic nitrogens is 1. The minimum absolute atomic E-state index is 0.00993. The summed E-state index contributed by atoms with van der Waals surface area (Å²) in [6.45, 7) is 1.14. The first-order valence-electron chi connectivity index (χ1n) is 7.24. The highest BCUT2D eigenvalue weighted by molar-refractivity contribution is 7.12. The van der Waals surface area contributed by atoms with Crippen LogP contribution in [0.2, 0.25) is 0 Å². The molecule has 1 fully saturated rings. The van der Waals surface area contributed by atoms with Gasteiger partial charge in [0.15, 0.2) is 0 Å². The number of thiazole rings is 1. The Hall–Kier alpha value is -2.21. The van der Waals surface area contributed by atoms with Gasteiger partial charge < -0.3 is 10.6 Å². The predicted octanol–water partition coefficient (Wildman–Crippen LogP) is 2.15. The lowest BCUT2D eigenvalue weighted by molar-refractivity contribution is -0.123. The highest BCUT2D eigenvalue weighted by Gasteiger charge is 2.28. The van der Waals surface area contributed by atoms with Crippen molar-refractivity contribution in [2.75, 3.05) is 13.1 Å². The lowest BCUT2D eigenvalue weighted by Crippen LogP contribution is -2.41. The predicted molar refractivity (Wildman–Crippen MR) is 85.4 cm³/mol. The molecule has 1 saturated heterocycles. The van der Waals surface area contributed by atoms with Gasteiger partial charge in [-0.3, -0.25) is 9.59 Å². The van der Waals surface area contributed by atoms with Crippen molar-refractivity contribution >= 4 is 23.2 Å². The second-order valence-electron chi connectivity index (χ2n) is 5.36. The number of primary amides is 1. The van der Waals surface area contributed by atoms with Crippen LogP contribution >= 0.6 is 11.3 Å². The topological polar surface area (TPSA) is 76.3 Å². The molecule has 1 aromatic heterocycles. The van der Waals surface area contributed by atoms with Crippen LogP contribution in [0.4, 0.5) is 0 Å². The second-order valence-corrected chi connectivity index (χ2v) is 6.22. The molecule has 0 radical (unpaired) electrons. The molecule has 2 N–H and O–H groups in total. The maximum absolute atomic E-state index is 12.7. The molecule has 114 valence electrons. The number of hydrogen-bond acceptors (Lipinski definition) is 4. The van der Waals surface area contributed by atoms with Crippen LogP contribution in [-0.2, 0) is 4.79 Å². The van der Waals surface area contributed by atoms with E-state index < -0.39 is 0 Å². The van der Waals surface area contributed by atoms with Crippen molar-refractivity contribution in [1.82, 2.24) is 9.88 Å². The van der Waals surface area contributed by atoms with E-state index in [1.54, 1.807) is 10.4 Å². The number of rotatable bonds is 3. The molecule has 6 heteroatoms. The molecule has 0 spiro atoms. The zero-order chi connectivity index (χ0) is 15.5.